The van der Waals surface area contributed by atoms with Crippen molar-refractivity contribution in [2.75, 3.05) is 18.9 Å². The molecular weight excluding hydrogens is 343 g/mol. The molecule has 0 saturated heterocycles. The van der Waals surface area contributed by atoms with Crippen LogP contribution in [0.15, 0.2) is 53.4 Å². The molecule has 0 aliphatic rings. The minimum absolute atomic E-state index is 0.172. The third-order valence-electron chi connectivity index (χ3n) is 3.75. The van der Waals surface area contributed by atoms with Crippen molar-refractivity contribution in [3.63, 3.8) is 0 Å². The van der Waals surface area contributed by atoms with Crippen LogP contribution >= 0.6 is 0 Å². The number of anilines is 1. The number of hydrogen-bond acceptors (Lipinski definition) is 3. The first-order valence-electron chi connectivity index (χ1n) is 7.98. The van der Waals surface area contributed by atoms with Crippen LogP contribution in [0.25, 0.3) is 0 Å². The van der Waals surface area contributed by atoms with Crippen molar-refractivity contribution in [1.82, 2.24) is 4.31 Å². The largest absolute Gasteiger partial charge is 0.322 e. The molecule has 0 aliphatic carbocycles. The number of unbranched alkanes of at least 4 members (excludes halogenated alkanes) is 1. The summed E-state index contributed by atoms with van der Waals surface area (Å²) in [4.78, 5) is 12.2. The Balaban J connectivity index is 2.09. The second kappa shape index (κ2) is 8.22. The molecule has 0 heterocycles. The van der Waals surface area contributed by atoms with Gasteiger partial charge in [0.2, 0.25) is 10.0 Å². The number of benzene rings is 2. The number of sulfonamides is 1. The smallest absolute Gasteiger partial charge is 0.255 e. The van der Waals surface area contributed by atoms with Gasteiger partial charge in [0.25, 0.3) is 5.91 Å². The number of carbonyl (C=O) groups excluding carboxylic acids is 1. The zero-order valence-corrected chi connectivity index (χ0v) is 15.0. The lowest BCUT2D eigenvalue weighted by molar-refractivity contribution is 0.102. The van der Waals surface area contributed by atoms with E-state index in [0.717, 1.165) is 12.8 Å². The molecular formula is C18H21FN2O3S. The SMILES string of the molecule is CCCCN(C)S(=O)(=O)c1ccc(NC(=O)c2ccc(F)cc2)cc1. The molecule has 0 radical (unpaired) electrons. The van der Waals surface area contributed by atoms with E-state index in [1.54, 1.807) is 7.05 Å². The van der Waals surface area contributed by atoms with E-state index < -0.39 is 21.7 Å². The zero-order valence-electron chi connectivity index (χ0n) is 14.2. The standard InChI is InChI=1S/C18H21FN2O3S/c1-3-4-13-21(2)25(23,24)17-11-9-16(10-12-17)20-18(22)14-5-7-15(19)8-6-14/h5-12H,3-4,13H2,1-2H3,(H,20,22). The molecule has 25 heavy (non-hydrogen) atoms. The summed E-state index contributed by atoms with van der Waals surface area (Å²) in [5, 5.41) is 2.65. The Morgan fingerprint density at radius 1 is 1.08 bits per heavy atom. The van der Waals surface area contributed by atoms with Gasteiger partial charge in [0, 0.05) is 24.8 Å². The summed E-state index contributed by atoms with van der Waals surface area (Å²) in [6.07, 6.45) is 1.70. The maximum Gasteiger partial charge on any atom is 0.255 e. The Morgan fingerprint density at radius 3 is 2.24 bits per heavy atom. The number of nitrogens with zero attached hydrogens (tertiary/aromatic N) is 1. The fourth-order valence-corrected chi connectivity index (χ4v) is 3.41. The van der Waals surface area contributed by atoms with Crippen molar-refractivity contribution in [2.45, 2.75) is 24.7 Å². The molecule has 0 fully saturated rings. The summed E-state index contributed by atoms with van der Waals surface area (Å²) in [5.41, 5.74) is 0.780. The number of hydrogen-bond donors (Lipinski definition) is 1. The Hall–Kier alpha value is -2.25. The van der Waals surface area contributed by atoms with Crippen LogP contribution in [0, 0.1) is 5.82 Å². The second-order valence-electron chi connectivity index (χ2n) is 5.67. The summed E-state index contributed by atoms with van der Waals surface area (Å²) in [7, 11) is -1.98. The van der Waals surface area contributed by atoms with E-state index in [4.69, 9.17) is 0 Å². The van der Waals surface area contributed by atoms with Crippen molar-refractivity contribution >= 4 is 21.6 Å². The summed E-state index contributed by atoms with van der Waals surface area (Å²) >= 11 is 0. The van der Waals surface area contributed by atoms with Gasteiger partial charge in [-0.1, -0.05) is 13.3 Å². The highest BCUT2D eigenvalue weighted by atomic mass is 32.2. The quantitative estimate of drug-likeness (QED) is 0.818. The fraction of sp³-hybridized carbons (Fsp3) is 0.278. The van der Waals surface area contributed by atoms with Crippen LogP contribution in [0.1, 0.15) is 30.1 Å². The molecule has 2 rings (SSSR count). The molecule has 0 saturated carbocycles. The van der Waals surface area contributed by atoms with Gasteiger partial charge in [-0.15, -0.1) is 0 Å². The molecule has 0 unspecified atom stereocenters. The number of nitrogens with one attached hydrogen (secondary N) is 1. The van der Waals surface area contributed by atoms with E-state index in [0.29, 0.717) is 17.8 Å². The molecule has 134 valence electrons. The maximum absolute atomic E-state index is 12.9. The van der Waals surface area contributed by atoms with Crippen molar-refractivity contribution in [1.29, 1.82) is 0 Å². The lowest BCUT2D eigenvalue weighted by atomic mass is 10.2. The van der Waals surface area contributed by atoms with Crippen LogP contribution in [-0.4, -0.2) is 32.2 Å². The molecule has 0 spiro atoms. The molecule has 0 aliphatic heterocycles. The van der Waals surface area contributed by atoms with Gasteiger partial charge in [-0.3, -0.25) is 4.79 Å². The Morgan fingerprint density at radius 2 is 1.68 bits per heavy atom. The monoisotopic (exact) mass is 364 g/mol. The van der Waals surface area contributed by atoms with E-state index in [1.165, 1.54) is 52.8 Å². The van der Waals surface area contributed by atoms with E-state index in [2.05, 4.69) is 5.32 Å². The van der Waals surface area contributed by atoms with Crippen LogP contribution in [0.4, 0.5) is 10.1 Å². The molecule has 7 heteroatoms. The minimum atomic E-state index is -3.53. The molecule has 0 bridgehead atoms. The normalized spacial score (nSPS) is 11.5. The Bertz CT molecular complexity index is 818. The maximum atomic E-state index is 12.9. The van der Waals surface area contributed by atoms with Gasteiger partial charge in [0.1, 0.15) is 5.82 Å². The van der Waals surface area contributed by atoms with Crippen LogP contribution in [0.5, 0.6) is 0 Å². The second-order valence-corrected chi connectivity index (χ2v) is 7.71. The molecule has 2 aromatic rings. The molecule has 1 N–H and O–H groups in total. The van der Waals surface area contributed by atoms with Gasteiger partial charge in [-0.25, -0.2) is 17.1 Å². The first kappa shape index (κ1) is 19.1. The third kappa shape index (κ3) is 4.87. The highest BCUT2D eigenvalue weighted by molar-refractivity contribution is 7.89. The lowest BCUT2D eigenvalue weighted by Crippen LogP contribution is -2.27. The molecule has 0 aromatic heterocycles. The predicted octanol–water partition coefficient (Wildman–Crippen LogP) is 3.50. The van der Waals surface area contributed by atoms with Gasteiger partial charge < -0.3 is 5.32 Å². The minimum Gasteiger partial charge on any atom is -0.322 e. The fourth-order valence-electron chi connectivity index (χ4n) is 2.20. The van der Waals surface area contributed by atoms with E-state index in [9.17, 15) is 17.6 Å². The molecule has 0 atom stereocenters. The summed E-state index contributed by atoms with van der Waals surface area (Å²) in [6.45, 7) is 2.46. The topological polar surface area (TPSA) is 66.5 Å². The first-order chi connectivity index (χ1) is 11.8. The Kier molecular flexibility index (Phi) is 6.27. The van der Waals surface area contributed by atoms with E-state index >= 15 is 0 Å². The summed E-state index contributed by atoms with van der Waals surface area (Å²) in [5.74, 6) is -0.811. The average molecular weight is 364 g/mol. The number of halogens is 1. The van der Waals surface area contributed by atoms with Crippen LogP contribution in [0.2, 0.25) is 0 Å². The van der Waals surface area contributed by atoms with Crippen molar-refractivity contribution in [3.8, 4) is 0 Å². The van der Waals surface area contributed by atoms with Crippen LogP contribution in [-0.2, 0) is 10.0 Å². The molecule has 5 nitrogen and oxygen atoms in total. The lowest BCUT2D eigenvalue weighted by Gasteiger charge is -2.17. The number of amides is 1. The Labute approximate surface area is 147 Å². The zero-order chi connectivity index (χ0) is 18.4. The van der Waals surface area contributed by atoms with Crippen LogP contribution in [0.3, 0.4) is 0 Å². The average Bonchev–Trinajstić information content (AvgIpc) is 2.60. The van der Waals surface area contributed by atoms with E-state index in [1.807, 2.05) is 6.92 Å². The van der Waals surface area contributed by atoms with Gasteiger partial charge in [0.15, 0.2) is 0 Å². The van der Waals surface area contributed by atoms with Gasteiger partial charge in [0.05, 0.1) is 4.90 Å². The van der Waals surface area contributed by atoms with Crippen LogP contribution < -0.4 is 5.32 Å². The van der Waals surface area contributed by atoms with Gasteiger partial charge in [-0.2, -0.15) is 0 Å². The third-order valence-corrected chi connectivity index (χ3v) is 5.62. The molecule has 1 amide bonds. The van der Waals surface area contributed by atoms with Gasteiger partial charge in [-0.05, 0) is 55.0 Å². The van der Waals surface area contributed by atoms with Crippen molar-refractivity contribution in [2.24, 2.45) is 0 Å². The summed E-state index contributed by atoms with van der Waals surface area (Å²) in [6, 6.07) is 11.1. The van der Waals surface area contributed by atoms with E-state index in [-0.39, 0.29) is 4.90 Å². The van der Waals surface area contributed by atoms with Crippen molar-refractivity contribution in [3.05, 3.63) is 59.9 Å². The number of rotatable bonds is 7. The predicted molar refractivity (Wildman–Crippen MR) is 95.5 cm³/mol. The summed E-state index contributed by atoms with van der Waals surface area (Å²) < 4.78 is 39.1. The molecule has 2 aromatic carbocycles. The van der Waals surface area contributed by atoms with Gasteiger partial charge >= 0.3 is 0 Å². The highest BCUT2D eigenvalue weighted by Gasteiger charge is 2.20. The van der Waals surface area contributed by atoms with Crippen molar-refractivity contribution < 1.29 is 17.6 Å². The first-order valence-corrected chi connectivity index (χ1v) is 9.42. The highest BCUT2D eigenvalue weighted by Crippen LogP contribution is 2.18. The number of carbonyl (C=O) groups is 1.